The van der Waals surface area contributed by atoms with Gasteiger partial charge in [0.2, 0.25) is 0 Å². The number of hydrogen-bond donors (Lipinski definition) is 1. The first kappa shape index (κ1) is 20.8. The van der Waals surface area contributed by atoms with Crippen molar-refractivity contribution in [2.75, 3.05) is 5.32 Å². The summed E-state index contributed by atoms with van der Waals surface area (Å²) in [4.78, 5) is 13.6. The van der Waals surface area contributed by atoms with E-state index in [1.165, 1.54) is 34.4 Å². The summed E-state index contributed by atoms with van der Waals surface area (Å²) in [7, 11) is 0. The number of fused-ring (bicyclic) bond motifs is 1. The second-order valence-corrected chi connectivity index (χ2v) is 8.13. The van der Waals surface area contributed by atoms with Gasteiger partial charge in [-0.1, -0.05) is 36.4 Å². The number of nitrogens with zero attached hydrogens (tertiary/aromatic N) is 3. The van der Waals surface area contributed by atoms with Crippen LogP contribution in [0.3, 0.4) is 0 Å². The van der Waals surface area contributed by atoms with E-state index in [2.05, 4.69) is 46.5 Å². The summed E-state index contributed by atoms with van der Waals surface area (Å²) in [6.45, 7) is 4.81. The van der Waals surface area contributed by atoms with Crippen LogP contribution in [0.15, 0.2) is 85.2 Å². The lowest BCUT2D eigenvalue weighted by atomic mass is 9.98. The van der Waals surface area contributed by atoms with Crippen LogP contribution in [0.4, 0.5) is 10.1 Å². The van der Waals surface area contributed by atoms with Gasteiger partial charge in [0.15, 0.2) is 0 Å². The zero-order valence-electron chi connectivity index (χ0n) is 18.5. The van der Waals surface area contributed by atoms with Crippen LogP contribution in [0.2, 0.25) is 0 Å². The lowest BCUT2D eigenvalue weighted by Gasteiger charge is -2.12. The Balaban J connectivity index is 1.38. The molecule has 5 rings (SSSR count). The number of hydrogen-bond acceptors (Lipinski definition) is 4. The summed E-state index contributed by atoms with van der Waals surface area (Å²) >= 11 is 0. The van der Waals surface area contributed by atoms with Crippen LogP contribution >= 0.6 is 0 Å². The number of aryl methyl sites for hydroxylation is 2. The number of nitrogens with one attached hydrogen (secondary N) is 1. The molecular formula is C28H23FN4. The first-order valence-corrected chi connectivity index (χ1v) is 10.8. The quantitative estimate of drug-likeness (QED) is 0.333. The van der Waals surface area contributed by atoms with Crippen molar-refractivity contribution in [1.82, 2.24) is 15.0 Å². The highest BCUT2D eigenvalue weighted by molar-refractivity contribution is 5.88. The molecule has 33 heavy (non-hydrogen) atoms. The maximum absolute atomic E-state index is 13.6. The molecule has 0 radical (unpaired) electrons. The molecule has 0 atom stereocenters. The molecule has 4 nitrogen and oxygen atoms in total. The van der Waals surface area contributed by atoms with Gasteiger partial charge in [-0.15, -0.1) is 0 Å². The third-order valence-electron chi connectivity index (χ3n) is 5.67. The van der Waals surface area contributed by atoms with Gasteiger partial charge in [-0.25, -0.2) is 9.37 Å². The predicted octanol–water partition coefficient (Wildman–Crippen LogP) is 6.73. The van der Waals surface area contributed by atoms with Crippen LogP contribution in [0.5, 0.6) is 0 Å². The molecule has 0 aliphatic heterocycles. The molecule has 0 saturated heterocycles. The Hall–Kier alpha value is -4.12. The van der Waals surface area contributed by atoms with Crippen molar-refractivity contribution in [3.8, 4) is 22.4 Å². The second kappa shape index (κ2) is 8.79. The van der Waals surface area contributed by atoms with Gasteiger partial charge in [0.05, 0.1) is 23.1 Å². The van der Waals surface area contributed by atoms with E-state index < -0.39 is 0 Å². The van der Waals surface area contributed by atoms with Gasteiger partial charge in [0.1, 0.15) is 11.3 Å². The third kappa shape index (κ3) is 4.44. The van der Waals surface area contributed by atoms with Gasteiger partial charge in [-0.2, -0.15) is 0 Å². The molecule has 0 saturated carbocycles. The average Bonchev–Trinajstić information content (AvgIpc) is 2.82. The van der Waals surface area contributed by atoms with E-state index in [-0.39, 0.29) is 5.82 Å². The zero-order chi connectivity index (χ0) is 22.8. The van der Waals surface area contributed by atoms with Crippen LogP contribution in [0.1, 0.15) is 16.8 Å². The normalized spacial score (nSPS) is 11.0. The summed E-state index contributed by atoms with van der Waals surface area (Å²) in [5, 5.41) is 3.50. The fraction of sp³-hybridized carbons (Fsp3) is 0.107. The number of rotatable bonds is 5. The zero-order valence-corrected chi connectivity index (χ0v) is 18.5. The number of pyridine rings is 1. The van der Waals surface area contributed by atoms with Gasteiger partial charge in [0.25, 0.3) is 0 Å². The van der Waals surface area contributed by atoms with Gasteiger partial charge in [0, 0.05) is 24.0 Å². The van der Waals surface area contributed by atoms with E-state index >= 15 is 0 Å². The minimum atomic E-state index is -0.287. The van der Waals surface area contributed by atoms with Crippen molar-refractivity contribution < 1.29 is 4.39 Å². The molecule has 0 bridgehead atoms. The maximum atomic E-state index is 13.6. The summed E-state index contributed by atoms with van der Waals surface area (Å²) in [6.07, 6.45) is 3.54. The Labute approximate surface area is 192 Å². The molecule has 2 heterocycles. The highest BCUT2D eigenvalue weighted by atomic mass is 19.1. The summed E-state index contributed by atoms with van der Waals surface area (Å²) in [5.74, 6) is -0.287. The van der Waals surface area contributed by atoms with E-state index in [0.29, 0.717) is 17.8 Å². The fourth-order valence-corrected chi connectivity index (χ4v) is 4.04. The molecule has 0 spiro atoms. The van der Waals surface area contributed by atoms with Crippen molar-refractivity contribution in [3.05, 3.63) is 108 Å². The van der Waals surface area contributed by atoms with E-state index in [1.54, 1.807) is 12.3 Å². The van der Waals surface area contributed by atoms with Crippen LogP contribution in [-0.2, 0) is 6.54 Å². The lowest BCUT2D eigenvalue weighted by molar-refractivity contribution is 0.628. The maximum Gasteiger partial charge on any atom is 0.123 e. The number of para-hydroxylation sites is 1. The first-order valence-electron chi connectivity index (χ1n) is 10.8. The highest BCUT2D eigenvalue weighted by Crippen LogP contribution is 2.27. The SMILES string of the molecule is Cc1cc(-c2ccc(CNc3cccc4nc(-c5cccc(F)c5)cnc34)cc2C)ccn1. The molecule has 3 aromatic carbocycles. The summed E-state index contributed by atoms with van der Waals surface area (Å²) in [5.41, 5.74) is 9.63. The van der Waals surface area contributed by atoms with E-state index in [9.17, 15) is 4.39 Å². The molecule has 2 aromatic heterocycles. The highest BCUT2D eigenvalue weighted by Gasteiger charge is 2.08. The molecular weight excluding hydrogens is 411 g/mol. The van der Waals surface area contributed by atoms with Crippen molar-refractivity contribution in [1.29, 1.82) is 0 Å². The standard InChI is InChI=1S/C28H23FN4/c1-18-13-20(9-10-24(18)21-11-12-30-19(2)14-21)16-31-25-7-4-8-26-28(25)32-17-27(33-26)22-5-3-6-23(29)15-22/h3-15,17,31H,16H2,1-2H3. The Kier molecular flexibility index (Phi) is 5.53. The van der Waals surface area contributed by atoms with Crippen LogP contribution < -0.4 is 5.32 Å². The van der Waals surface area contributed by atoms with Crippen LogP contribution in [0, 0.1) is 19.7 Å². The molecule has 0 fully saturated rings. The Bertz CT molecular complexity index is 1460. The number of halogens is 1. The lowest BCUT2D eigenvalue weighted by Crippen LogP contribution is -2.02. The Morgan fingerprint density at radius 1 is 0.848 bits per heavy atom. The summed E-state index contributed by atoms with van der Waals surface area (Å²) < 4.78 is 13.6. The molecule has 0 amide bonds. The van der Waals surface area contributed by atoms with Crippen LogP contribution in [-0.4, -0.2) is 15.0 Å². The van der Waals surface area contributed by atoms with Gasteiger partial charge >= 0.3 is 0 Å². The minimum absolute atomic E-state index is 0.287. The molecule has 0 aliphatic rings. The average molecular weight is 435 g/mol. The first-order chi connectivity index (χ1) is 16.1. The van der Waals surface area contributed by atoms with Crippen molar-refractivity contribution in [3.63, 3.8) is 0 Å². The van der Waals surface area contributed by atoms with Crippen molar-refractivity contribution in [2.24, 2.45) is 0 Å². The molecule has 5 aromatic rings. The van der Waals surface area contributed by atoms with E-state index in [0.717, 1.165) is 22.4 Å². The van der Waals surface area contributed by atoms with Crippen LogP contribution in [0.25, 0.3) is 33.4 Å². The van der Waals surface area contributed by atoms with Crippen molar-refractivity contribution in [2.45, 2.75) is 20.4 Å². The minimum Gasteiger partial charge on any atom is -0.379 e. The number of aromatic nitrogens is 3. The smallest absolute Gasteiger partial charge is 0.123 e. The molecule has 5 heteroatoms. The molecule has 0 aliphatic carbocycles. The topological polar surface area (TPSA) is 50.7 Å². The fourth-order valence-electron chi connectivity index (χ4n) is 4.04. The van der Waals surface area contributed by atoms with E-state index in [1.807, 2.05) is 43.5 Å². The molecule has 162 valence electrons. The Morgan fingerprint density at radius 3 is 2.55 bits per heavy atom. The molecule has 0 unspecified atom stereocenters. The van der Waals surface area contributed by atoms with Gasteiger partial charge < -0.3 is 5.32 Å². The Morgan fingerprint density at radius 2 is 1.73 bits per heavy atom. The number of benzene rings is 3. The number of anilines is 1. The van der Waals surface area contributed by atoms with Gasteiger partial charge in [-0.3, -0.25) is 9.97 Å². The summed E-state index contributed by atoms with van der Waals surface area (Å²) in [6, 6.07) is 22.9. The predicted molar refractivity (Wildman–Crippen MR) is 131 cm³/mol. The largest absolute Gasteiger partial charge is 0.379 e. The molecule has 1 N–H and O–H groups in total. The monoisotopic (exact) mass is 434 g/mol. The van der Waals surface area contributed by atoms with E-state index in [4.69, 9.17) is 4.98 Å². The third-order valence-corrected chi connectivity index (χ3v) is 5.67. The van der Waals surface area contributed by atoms with Gasteiger partial charge in [-0.05, 0) is 72.5 Å². The second-order valence-electron chi connectivity index (χ2n) is 8.13. The van der Waals surface area contributed by atoms with Crippen molar-refractivity contribution >= 4 is 16.7 Å².